The maximum atomic E-state index is 13.4. The van der Waals surface area contributed by atoms with Gasteiger partial charge in [-0.3, -0.25) is 0 Å². The average molecular weight is 306 g/mol. The molecule has 0 fully saturated rings. The van der Waals surface area contributed by atoms with Crippen molar-refractivity contribution in [3.8, 4) is 0 Å². The lowest BCUT2D eigenvalue weighted by Crippen LogP contribution is -2.04. The van der Waals surface area contributed by atoms with E-state index in [0.717, 1.165) is 6.07 Å². The Bertz CT molecular complexity index is 617. The Labute approximate surface area is 118 Å². The van der Waals surface area contributed by atoms with Gasteiger partial charge in [0.2, 0.25) is 0 Å². The molecule has 0 saturated carbocycles. The monoisotopic (exact) mass is 305 g/mol. The minimum Gasteiger partial charge on any atom is -0.380 e. The lowest BCUT2D eigenvalue weighted by atomic mass is 10.2. The molecule has 0 heterocycles. The summed E-state index contributed by atoms with van der Waals surface area (Å²) >= 11 is 11.8. The Balaban J connectivity index is 2.19. The number of halogens is 5. The van der Waals surface area contributed by atoms with E-state index in [0.29, 0.717) is 16.8 Å². The number of anilines is 1. The highest BCUT2D eigenvalue weighted by molar-refractivity contribution is 6.43. The van der Waals surface area contributed by atoms with Gasteiger partial charge in [-0.25, -0.2) is 13.2 Å². The summed E-state index contributed by atoms with van der Waals surface area (Å²) in [5, 5.41) is 3.44. The molecule has 0 amide bonds. The third-order valence-electron chi connectivity index (χ3n) is 2.51. The van der Waals surface area contributed by atoms with Crippen LogP contribution >= 0.6 is 23.2 Å². The summed E-state index contributed by atoms with van der Waals surface area (Å²) in [6.07, 6.45) is 0. The lowest BCUT2D eigenvalue weighted by Gasteiger charge is -2.10. The minimum atomic E-state index is -1.22. The molecule has 0 unspecified atom stereocenters. The van der Waals surface area contributed by atoms with Crippen molar-refractivity contribution in [2.24, 2.45) is 0 Å². The highest BCUT2D eigenvalue weighted by atomic mass is 35.5. The molecular formula is C13H8Cl2F3N. The van der Waals surface area contributed by atoms with E-state index in [1.165, 1.54) is 0 Å². The van der Waals surface area contributed by atoms with Gasteiger partial charge < -0.3 is 5.32 Å². The van der Waals surface area contributed by atoms with Crippen molar-refractivity contribution in [2.45, 2.75) is 6.54 Å². The quantitative estimate of drug-likeness (QED) is 0.785. The largest absolute Gasteiger partial charge is 0.380 e. The van der Waals surface area contributed by atoms with Crippen molar-refractivity contribution >= 4 is 28.9 Å². The molecule has 1 N–H and O–H groups in total. The molecule has 1 nitrogen and oxygen atoms in total. The van der Waals surface area contributed by atoms with Crippen LogP contribution in [-0.4, -0.2) is 0 Å². The maximum absolute atomic E-state index is 13.4. The van der Waals surface area contributed by atoms with Gasteiger partial charge in [0, 0.05) is 18.2 Å². The third-order valence-corrected chi connectivity index (χ3v) is 3.33. The summed E-state index contributed by atoms with van der Waals surface area (Å²) in [4.78, 5) is 0. The summed E-state index contributed by atoms with van der Waals surface area (Å²) in [5.41, 5.74) is 0.480. The van der Waals surface area contributed by atoms with Crippen LogP contribution in [0, 0.1) is 17.5 Å². The van der Waals surface area contributed by atoms with Gasteiger partial charge in [-0.15, -0.1) is 0 Å². The predicted molar refractivity (Wildman–Crippen MR) is 70.1 cm³/mol. The van der Waals surface area contributed by atoms with Gasteiger partial charge in [-0.2, -0.15) is 0 Å². The highest BCUT2D eigenvalue weighted by Crippen LogP contribution is 2.30. The fourth-order valence-electron chi connectivity index (χ4n) is 1.53. The first-order valence-corrected chi connectivity index (χ1v) is 6.06. The summed E-state index contributed by atoms with van der Waals surface area (Å²) < 4.78 is 39.2. The first-order valence-electron chi connectivity index (χ1n) is 5.30. The van der Waals surface area contributed by atoms with Gasteiger partial charge >= 0.3 is 0 Å². The molecule has 0 aliphatic carbocycles. The van der Waals surface area contributed by atoms with Crippen LogP contribution < -0.4 is 5.32 Å². The molecule has 0 aliphatic heterocycles. The van der Waals surface area contributed by atoms with Crippen LogP contribution in [0.15, 0.2) is 30.3 Å². The Kier molecular flexibility index (Phi) is 4.22. The van der Waals surface area contributed by atoms with Crippen LogP contribution in [0.2, 0.25) is 10.0 Å². The van der Waals surface area contributed by atoms with Crippen LogP contribution in [0.25, 0.3) is 0 Å². The molecule has 0 atom stereocenters. The predicted octanol–water partition coefficient (Wildman–Crippen LogP) is 5.02. The van der Waals surface area contributed by atoms with Crippen molar-refractivity contribution < 1.29 is 13.2 Å². The SMILES string of the molecule is Fc1cc(F)c(CNc2cccc(Cl)c2Cl)cc1F. The number of hydrogen-bond donors (Lipinski definition) is 1. The van der Waals surface area contributed by atoms with E-state index in [-0.39, 0.29) is 17.1 Å². The Morgan fingerprint density at radius 2 is 1.63 bits per heavy atom. The number of nitrogens with one attached hydrogen (secondary N) is 1. The van der Waals surface area contributed by atoms with Gasteiger partial charge in [0.25, 0.3) is 0 Å². The van der Waals surface area contributed by atoms with E-state index < -0.39 is 17.5 Å². The molecule has 2 aromatic rings. The summed E-state index contributed by atoms with van der Waals surface area (Å²) in [6.45, 7) is -0.0386. The zero-order valence-corrected chi connectivity index (χ0v) is 11.0. The fraction of sp³-hybridized carbons (Fsp3) is 0.0769. The number of rotatable bonds is 3. The number of hydrogen-bond acceptors (Lipinski definition) is 1. The standard InChI is InChI=1S/C13H8Cl2F3N/c14-8-2-1-3-12(13(8)15)19-6-7-4-10(17)11(18)5-9(7)16/h1-5,19H,6H2. The van der Waals surface area contributed by atoms with Gasteiger partial charge in [0.1, 0.15) is 5.82 Å². The second-order valence-electron chi connectivity index (χ2n) is 3.81. The zero-order chi connectivity index (χ0) is 14.0. The van der Waals surface area contributed by atoms with Crippen LogP contribution in [0.3, 0.4) is 0 Å². The molecule has 0 spiro atoms. The fourth-order valence-corrected chi connectivity index (χ4v) is 1.90. The second kappa shape index (κ2) is 5.72. The minimum absolute atomic E-state index is 0.00468. The van der Waals surface area contributed by atoms with Gasteiger partial charge in [0.15, 0.2) is 11.6 Å². The van der Waals surface area contributed by atoms with E-state index in [4.69, 9.17) is 23.2 Å². The van der Waals surface area contributed by atoms with Crippen LogP contribution in [0.1, 0.15) is 5.56 Å². The summed E-state index contributed by atoms with van der Waals surface area (Å²) in [5.74, 6) is -3.15. The van der Waals surface area contributed by atoms with Gasteiger partial charge in [-0.05, 0) is 18.2 Å². The topological polar surface area (TPSA) is 12.0 Å². The molecule has 19 heavy (non-hydrogen) atoms. The van der Waals surface area contributed by atoms with Crippen LogP contribution in [0.4, 0.5) is 18.9 Å². The molecule has 6 heteroatoms. The van der Waals surface area contributed by atoms with Crippen molar-refractivity contribution in [1.82, 2.24) is 0 Å². The molecule has 0 bridgehead atoms. The average Bonchev–Trinajstić information content (AvgIpc) is 2.37. The first-order chi connectivity index (χ1) is 8.99. The van der Waals surface area contributed by atoms with E-state index in [1.807, 2.05) is 0 Å². The molecule has 100 valence electrons. The van der Waals surface area contributed by atoms with Crippen molar-refractivity contribution in [3.05, 3.63) is 63.4 Å². The molecular weight excluding hydrogens is 298 g/mol. The molecule has 0 saturated heterocycles. The normalized spacial score (nSPS) is 10.6. The van der Waals surface area contributed by atoms with Crippen LogP contribution in [0.5, 0.6) is 0 Å². The third kappa shape index (κ3) is 3.14. The molecule has 0 radical (unpaired) electrons. The summed E-state index contributed by atoms with van der Waals surface area (Å²) in [7, 11) is 0. The Morgan fingerprint density at radius 3 is 2.37 bits per heavy atom. The Hall–Kier alpha value is -1.39. The van der Waals surface area contributed by atoms with E-state index >= 15 is 0 Å². The smallest absolute Gasteiger partial charge is 0.161 e. The zero-order valence-electron chi connectivity index (χ0n) is 9.48. The maximum Gasteiger partial charge on any atom is 0.161 e. The van der Waals surface area contributed by atoms with Crippen LogP contribution in [-0.2, 0) is 6.54 Å². The lowest BCUT2D eigenvalue weighted by molar-refractivity contribution is 0.490. The van der Waals surface area contributed by atoms with Crippen molar-refractivity contribution in [3.63, 3.8) is 0 Å². The second-order valence-corrected chi connectivity index (χ2v) is 4.60. The highest BCUT2D eigenvalue weighted by Gasteiger charge is 2.10. The number of benzene rings is 2. The van der Waals surface area contributed by atoms with E-state index in [2.05, 4.69) is 5.32 Å². The van der Waals surface area contributed by atoms with E-state index in [1.54, 1.807) is 18.2 Å². The molecule has 0 aliphatic rings. The molecule has 0 aromatic heterocycles. The van der Waals surface area contributed by atoms with E-state index in [9.17, 15) is 13.2 Å². The Morgan fingerprint density at radius 1 is 0.947 bits per heavy atom. The van der Waals surface area contributed by atoms with Gasteiger partial charge in [-0.1, -0.05) is 29.3 Å². The van der Waals surface area contributed by atoms with Gasteiger partial charge in [0.05, 0.1) is 15.7 Å². The molecule has 2 rings (SSSR count). The first kappa shape index (κ1) is 14.0. The molecule has 2 aromatic carbocycles. The van der Waals surface area contributed by atoms with Crippen molar-refractivity contribution in [1.29, 1.82) is 0 Å². The van der Waals surface area contributed by atoms with Crippen molar-refractivity contribution in [2.75, 3.05) is 5.32 Å². The summed E-state index contributed by atoms with van der Waals surface area (Å²) in [6, 6.07) is 6.22.